The Morgan fingerprint density at radius 3 is 2.70 bits per heavy atom. The molecular weight excluding hydrogens is 315 g/mol. The van der Waals surface area contributed by atoms with E-state index < -0.39 is 5.82 Å². The molecule has 0 fully saturated rings. The molecule has 3 aromatic rings. The van der Waals surface area contributed by atoms with Crippen LogP contribution in [0.25, 0.3) is 10.9 Å². The van der Waals surface area contributed by atoms with Crippen molar-refractivity contribution in [1.82, 2.24) is 4.98 Å². The van der Waals surface area contributed by atoms with Gasteiger partial charge >= 0.3 is 0 Å². The second-order valence-electron chi connectivity index (χ2n) is 4.98. The molecule has 7 heteroatoms. The molecule has 0 saturated carbocycles. The molecule has 0 spiro atoms. The summed E-state index contributed by atoms with van der Waals surface area (Å²) in [6.45, 7) is 1.99. The minimum atomic E-state index is -0.473. The van der Waals surface area contributed by atoms with Crippen molar-refractivity contribution in [1.29, 1.82) is 0 Å². The maximum Gasteiger partial charge on any atom is 0.218 e. The fourth-order valence-corrected chi connectivity index (χ4v) is 2.29. The van der Waals surface area contributed by atoms with E-state index in [0.29, 0.717) is 5.39 Å². The van der Waals surface area contributed by atoms with Crippen LogP contribution in [0.15, 0.2) is 52.7 Å². The fourth-order valence-electron chi connectivity index (χ4n) is 2.14. The molecule has 1 heterocycles. The van der Waals surface area contributed by atoms with Crippen LogP contribution in [0.4, 0.5) is 15.8 Å². The molecule has 0 aliphatic carbocycles. The SMILES string of the molecule is Cc1ccc(NC(=S)N=Nc2c(O)[nH]c3c(F)cccc23)cc1. The first kappa shape index (κ1) is 15.1. The number of fused-ring (bicyclic) bond motifs is 1. The van der Waals surface area contributed by atoms with Crippen molar-refractivity contribution in [2.75, 3.05) is 5.32 Å². The molecule has 0 saturated heterocycles. The number of anilines is 1. The number of nitrogens with one attached hydrogen (secondary N) is 2. The molecule has 116 valence electrons. The summed E-state index contributed by atoms with van der Waals surface area (Å²) in [5.74, 6) is -0.730. The van der Waals surface area contributed by atoms with Gasteiger partial charge in [0, 0.05) is 11.1 Å². The first-order chi connectivity index (χ1) is 11.0. The van der Waals surface area contributed by atoms with Crippen molar-refractivity contribution in [3.8, 4) is 5.88 Å². The van der Waals surface area contributed by atoms with Crippen LogP contribution in [-0.2, 0) is 0 Å². The second-order valence-corrected chi connectivity index (χ2v) is 5.37. The van der Waals surface area contributed by atoms with Gasteiger partial charge in [-0.2, -0.15) is 0 Å². The minimum absolute atomic E-state index is 0.138. The normalized spacial score (nSPS) is 11.2. The summed E-state index contributed by atoms with van der Waals surface area (Å²) in [7, 11) is 0. The van der Waals surface area contributed by atoms with E-state index in [1.807, 2.05) is 31.2 Å². The highest BCUT2D eigenvalue weighted by atomic mass is 32.1. The number of hydrogen-bond donors (Lipinski definition) is 3. The molecule has 23 heavy (non-hydrogen) atoms. The number of aromatic amines is 1. The van der Waals surface area contributed by atoms with E-state index in [2.05, 4.69) is 20.5 Å². The number of para-hydroxylation sites is 1. The summed E-state index contributed by atoms with van der Waals surface area (Å²) in [4.78, 5) is 2.54. The van der Waals surface area contributed by atoms with E-state index in [-0.39, 0.29) is 22.2 Å². The highest BCUT2D eigenvalue weighted by Gasteiger charge is 2.13. The average Bonchev–Trinajstić information content (AvgIpc) is 2.85. The zero-order chi connectivity index (χ0) is 16.4. The summed E-state index contributed by atoms with van der Waals surface area (Å²) >= 11 is 5.10. The van der Waals surface area contributed by atoms with Crippen LogP contribution in [0.3, 0.4) is 0 Å². The van der Waals surface area contributed by atoms with Gasteiger partial charge in [-0.1, -0.05) is 29.8 Å². The number of H-pyrrole nitrogens is 1. The third kappa shape index (κ3) is 3.19. The van der Waals surface area contributed by atoms with Crippen LogP contribution in [0.5, 0.6) is 5.88 Å². The lowest BCUT2D eigenvalue weighted by Crippen LogP contribution is -2.04. The van der Waals surface area contributed by atoms with Crippen LogP contribution in [0.2, 0.25) is 0 Å². The van der Waals surface area contributed by atoms with E-state index in [4.69, 9.17) is 12.2 Å². The van der Waals surface area contributed by atoms with Gasteiger partial charge in [-0.25, -0.2) is 4.39 Å². The summed E-state index contributed by atoms with van der Waals surface area (Å²) in [5, 5.41) is 21.1. The van der Waals surface area contributed by atoms with Crippen molar-refractivity contribution in [3.63, 3.8) is 0 Å². The molecule has 0 amide bonds. The number of azo groups is 1. The third-order valence-electron chi connectivity index (χ3n) is 3.28. The van der Waals surface area contributed by atoms with Gasteiger partial charge in [0.2, 0.25) is 11.0 Å². The van der Waals surface area contributed by atoms with Crippen molar-refractivity contribution >= 4 is 39.6 Å². The van der Waals surface area contributed by atoms with E-state index in [1.165, 1.54) is 12.1 Å². The van der Waals surface area contributed by atoms with Gasteiger partial charge in [-0.15, -0.1) is 10.2 Å². The largest absolute Gasteiger partial charge is 0.493 e. The number of hydrogen-bond acceptors (Lipinski definition) is 3. The summed E-state index contributed by atoms with van der Waals surface area (Å²) in [6.07, 6.45) is 0. The lowest BCUT2D eigenvalue weighted by atomic mass is 10.2. The zero-order valence-electron chi connectivity index (χ0n) is 12.2. The molecule has 2 aromatic carbocycles. The number of aromatic hydroxyl groups is 1. The number of benzene rings is 2. The Kier molecular flexibility index (Phi) is 4.03. The van der Waals surface area contributed by atoms with E-state index >= 15 is 0 Å². The molecule has 3 N–H and O–H groups in total. The third-order valence-corrected chi connectivity index (χ3v) is 3.46. The highest BCUT2D eigenvalue weighted by Crippen LogP contribution is 2.36. The fraction of sp³-hybridized carbons (Fsp3) is 0.0625. The summed E-state index contributed by atoms with van der Waals surface area (Å²) in [6, 6.07) is 12.1. The Hall–Kier alpha value is -2.80. The van der Waals surface area contributed by atoms with Gasteiger partial charge < -0.3 is 15.4 Å². The van der Waals surface area contributed by atoms with Gasteiger partial charge in [-0.05, 0) is 37.3 Å². The van der Waals surface area contributed by atoms with Crippen molar-refractivity contribution in [2.45, 2.75) is 6.92 Å². The Bertz CT molecular complexity index is 902. The number of aryl methyl sites for hydroxylation is 1. The molecule has 0 bridgehead atoms. The lowest BCUT2D eigenvalue weighted by molar-refractivity contribution is 0.459. The molecule has 3 rings (SSSR count). The second kappa shape index (κ2) is 6.13. The van der Waals surface area contributed by atoms with E-state index in [0.717, 1.165) is 11.3 Å². The van der Waals surface area contributed by atoms with Gasteiger partial charge in [-0.3, -0.25) is 0 Å². The summed E-state index contributed by atoms with van der Waals surface area (Å²) in [5.41, 5.74) is 2.24. The van der Waals surface area contributed by atoms with Crippen molar-refractivity contribution in [2.24, 2.45) is 10.2 Å². The Labute approximate surface area is 136 Å². The van der Waals surface area contributed by atoms with Crippen molar-refractivity contribution in [3.05, 3.63) is 53.8 Å². The molecule has 0 unspecified atom stereocenters. The van der Waals surface area contributed by atoms with Crippen LogP contribution in [0, 0.1) is 12.7 Å². The van der Waals surface area contributed by atoms with E-state index in [9.17, 15) is 9.50 Å². The molecular formula is C16H13FN4OS. The van der Waals surface area contributed by atoms with Gasteiger partial charge in [0.25, 0.3) is 0 Å². The lowest BCUT2D eigenvalue weighted by Gasteiger charge is -2.02. The average molecular weight is 328 g/mol. The predicted octanol–water partition coefficient (Wildman–Crippen LogP) is 4.80. The first-order valence-electron chi connectivity index (χ1n) is 6.83. The zero-order valence-corrected chi connectivity index (χ0v) is 13.0. The molecule has 0 aliphatic heterocycles. The standard InChI is InChI=1S/C16H13FN4OS/c1-9-5-7-10(8-6-9)18-16(23)21-20-14-11-3-2-4-12(17)13(11)19-15(14)22/h2-8,19,22H,1H3,(H,18,23). The Balaban J connectivity index is 1.82. The molecule has 0 atom stereocenters. The van der Waals surface area contributed by atoms with E-state index in [1.54, 1.807) is 6.07 Å². The first-order valence-corrected chi connectivity index (χ1v) is 7.24. The topological polar surface area (TPSA) is 72.8 Å². The highest BCUT2D eigenvalue weighted by molar-refractivity contribution is 7.80. The monoisotopic (exact) mass is 328 g/mol. The maximum atomic E-state index is 13.6. The number of nitrogens with zero attached hydrogens (tertiary/aromatic N) is 2. The number of halogens is 1. The number of thiocarbonyl (C=S) groups is 1. The number of aromatic nitrogens is 1. The van der Waals surface area contributed by atoms with Crippen LogP contribution < -0.4 is 5.32 Å². The molecule has 1 aromatic heterocycles. The van der Waals surface area contributed by atoms with Crippen LogP contribution in [-0.4, -0.2) is 15.2 Å². The number of rotatable bonds is 2. The molecule has 0 aliphatic rings. The minimum Gasteiger partial charge on any atom is -0.493 e. The van der Waals surface area contributed by atoms with Crippen LogP contribution >= 0.6 is 12.2 Å². The maximum absolute atomic E-state index is 13.6. The van der Waals surface area contributed by atoms with Gasteiger partial charge in [0.05, 0.1) is 5.52 Å². The molecule has 5 nitrogen and oxygen atoms in total. The molecule has 0 radical (unpaired) electrons. The Morgan fingerprint density at radius 1 is 1.22 bits per heavy atom. The van der Waals surface area contributed by atoms with Crippen LogP contribution in [0.1, 0.15) is 5.56 Å². The quantitative estimate of drug-likeness (QED) is 0.467. The van der Waals surface area contributed by atoms with Crippen molar-refractivity contribution < 1.29 is 9.50 Å². The predicted molar refractivity (Wildman–Crippen MR) is 91.8 cm³/mol. The van der Waals surface area contributed by atoms with Gasteiger partial charge in [0.15, 0.2) is 5.69 Å². The smallest absolute Gasteiger partial charge is 0.218 e. The van der Waals surface area contributed by atoms with Gasteiger partial charge in [0.1, 0.15) is 5.82 Å². The Morgan fingerprint density at radius 2 is 1.96 bits per heavy atom. The summed E-state index contributed by atoms with van der Waals surface area (Å²) < 4.78 is 13.6.